The zero-order valence-electron chi connectivity index (χ0n) is 11.7. The van der Waals surface area contributed by atoms with Crippen LogP contribution in [0.1, 0.15) is 46.4 Å². The predicted molar refractivity (Wildman–Crippen MR) is 73.1 cm³/mol. The molecule has 3 heteroatoms. The third kappa shape index (κ3) is 4.90. The van der Waals surface area contributed by atoms with Gasteiger partial charge in [0.25, 0.3) is 0 Å². The summed E-state index contributed by atoms with van der Waals surface area (Å²) in [7, 11) is 0. The molecule has 1 aromatic rings. The highest BCUT2D eigenvalue weighted by Crippen LogP contribution is 2.12. The van der Waals surface area contributed by atoms with Crippen molar-refractivity contribution in [1.82, 2.24) is 14.9 Å². The zero-order chi connectivity index (χ0) is 12.7. The summed E-state index contributed by atoms with van der Waals surface area (Å²) in [5, 5.41) is 3.54. The Kier molecular flexibility index (Phi) is 6.27. The summed E-state index contributed by atoms with van der Waals surface area (Å²) in [5.74, 6) is 1.91. The second kappa shape index (κ2) is 7.49. The van der Waals surface area contributed by atoms with Gasteiger partial charge in [0.05, 0.1) is 0 Å². The third-order valence-corrected chi connectivity index (χ3v) is 3.17. The minimum Gasteiger partial charge on any atom is -0.335 e. The van der Waals surface area contributed by atoms with Crippen molar-refractivity contribution in [3.8, 4) is 0 Å². The summed E-state index contributed by atoms with van der Waals surface area (Å²) in [6.07, 6.45) is 7.49. The molecule has 1 N–H and O–H groups in total. The van der Waals surface area contributed by atoms with E-state index in [0.717, 1.165) is 19.5 Å². The van der Waals surface area contributed by atoms with Crippen LogP contribution in [0.2, 0.25) is 0 Å². The molecule has 0 aliphatic rings. The van der Waals surface area contributed by atoms with Gasteiger partial charge in [0.2, 0.25) is 0 Å². The van der Waals surface area contributed by atoms with Crippen molar-refractivity contribution in [3.05, 3.63) is 18.2 Å². The number of aromatic nitrogens is 2. The monoisotopic (exact) mass is 237 g/mol. The van der Waals surface area contributed by atoms with E-state index in [9.17, 15) is 0 Å². The van der Waals surface area contributed by atoms with Gasteiger partial charge in [-0.25, -0.2) is 4.98 Å². The van der Waals surface area contributed by atoms with Gasteiger partial charge >= 0.3 is 0 Å². The number of imidazole rings is 1. The van der Waals surface area contributed by atoms with E-state index in [1.807, 2.05) is 6.20 Å². The Labute approximate surface area is 106 Å². The molecular formula is C14H27N3. The van der Waals surface area contributed by atoms with Crippen LogP contribution in [0.4, 0.5) is 0 Å². The molecule has 0 amide bonds. The van der Waals surface area contributed by atoms with Gasteiger partial charge in [-0.2, -0.15) is 0 Å². The van der Waals surface area contributed by atoms with Crippen LogP contribution < -0.4 is 5.32 Å². The van der Waals surface area contributed by atoms with Crippen molar-refractivity contribution in [2.24, 2.45) is 5.92 Å². The molecule has 2 unspecified atom stereocenters. The molecule has 3 nitrogen and oxygen atoms in total. The lowest BCUT2D eigenvalue weighted by Gasteiger charge is -2.18. The van der Waals surface area contributed by atoms with E-state index in [-0.39, 0.29) is 0 Å². The van der Waals surface area contributed by atoms with Crippen LogP contribution in [0, 0.1) is 5.92 Å². The number of nitrogens with one attached hydrogen (secondary N) is 1. The van der Waals surface area contributed by atoms with Crippen LogP contribution in [-0.2, 0) is 13.0 Å². The van der Waals surface area contributed by atoms with E-state index in [2.05, 4.69) is 48.8 Å². The smallest absolute Gasteiger partial charge is 0.108 e. The SMILES string of the molecule is CCCNC(C)CC(C)Cc1nccn1CC. The lowest BCUT2D eigenvalue weighted by molar-refractivity contribution is 0.410. The fraction of sp³-hybridized carbons (Fsp3) is 0.786. The molecule has 17 heavy (non-hydrogen) atoms. The number of nitrogens with zero attached hydrogens (tertiary/aromatic N) is 2. The maximum atomic E-state index is 4.44. The molecule has 0 fully saturated rings. The summed E-state index contributed by atoms with van der Waals surface area (Å²) in [6.45, 7) is 11.1. The quantitative estimate of drug-likeness (QED) is 0.753. The first kappa shape index (κ1) is 14.2. The number of aryl methyl sites for hydroxylation is 1. The van der Waals surface area contributed by atoms with Crippen LogP contribution in [0.3, 0.4) is 0 Å². The molecule has 1 rings (SSSR count). The molecule has 0 aliphatic carbocycles. The molecule has 0 radical (unpaired) electrons. The minimum absolute atomic E-state index is 0.606. The van der Waals surface area contributed by atoms with Gasteiger partial charge < -0.3 is 9.88 Å². The average molecular weight is 237 g/mol. The second-order valence-corrected chi connectivity index (χ2v) is 5.03. The maximum Gasteiger partial charge on any atom is 0.108 e. The summed E-state index contributed by atoms with van der Waals surface area (Å²) in [4.78, 5) is 4.44. The minimum atomic E-state index is 0.606. The molecule has 98 valence electrons. The Bertz CT molecular complexity index is 306. The van der Waals surface area contributed by atoms with Crippen LogP contribution >= 0.6 is 0 Å². The zero-order valence-corrected chi connectivity index (χ0v) is 11.7. The average Bonchev–Trinajstić information content (AvgIpc) is 2.73. The molecule has 0 bridgehead atoms. The lowest BCUT2D eigenvalue weighted by atomic mass is 9.99. The van der Waals surface area contributed by atoms with E-state index in [0.29, 0.717) is 12.0 Å². The van der Waals surface area contributed by atoms with Gasteiger partial charge in [-0.15, -0.1) is 0 Å². The molecule has 0 aliphatic heterocycles. The van der Waals surface area contributed by atoms with E-state index >= 15 is 0 Å². The predicted octanol–water partition coefficient (Wildman–Crippen LogP) is 2.86. The Morgan fingerprint density at radius 3 is 2.76 bits per heavy atom. The number of rotatable bonds is 8. The summed E-state index contributed by atoms with van der Waals surface area (Å²) in [6, 6.07) is 0.606. The van der Waals surface area contributed by atoms with Crippen LogP contribution in [0.25, 0.3) is 0 Å². The maximum absolute atomic E-state index is 4.44. The number of hydrogen-bond acceptors (Lipinski definition) is 2. The van der Waals surface area contributed by atoms with Gasteiger partial charge in [-0.05, 0) is 39.2 Å². The molecule has 0 aromatic carbocycles. The highest BCUT2D eigenvalue weighted by molar-refractivity contribution is 4.93. The molecule has 0 saturated heterocycles. The van der Waals surface area contributed by atoms with Crippen LogP contribution in [0.5, 0.6) is 0 Å². The Balaban J connectivity index is 2.36. The summed E-state index contributed by atoms with van der Waals surface area (Å²) < 4.78 is 2.24. The van der Waals surface area contributed by atoms with Crippen molar-refractivity contribution in [2.45, 2.75) is 59.5 Å². The van der Waals surface area contributed by atoms with Crippen molar-refractivity contribution in [1.29, 1.82) is 0 Å². The number of hydrogen-bond donors (Lipinski definition) is 1. The first-order valence-electron chi connectivity index (χ1n) is 6.90. The van der Waals surface area contributed by atoms with Gasteiger partial charge in [-0.1, -0.05) is 13.8 Å². The second-order valence-electron chi connectivity index (χ2n) is 5.03. The Hall–Kier alpha value is -0.830. The van der Waals surface area contributed by atoms with Gasteiger partial charge in [0, 0.05) is 31.4 Å². The molecule has 0 saturated carbocycles. The van der Waals surface area contributed by atoms with E-state index in [1.54, 1.807) is 0 Å². The van der Waals surface area contributed by atoms with Crippen LogP contribution in [-0.4, -0.2) is 22.1 Å². The van der Waals surface area contributed by atoms with E-state index < -0.39 is 0 Å². The van der Waals surface area contributed by atoms with Gasteiger partial charge in [0.1, 0.15) is 5.82 Å². The van der Waals surface area contributed by atoms with Crippen molar-refractivity contribution in [2.75, 3.05) is 6.54 Å². The third-order valence-electron chi connectivity index (χ3n) is 3.17. The first-order valence-corrected chi connectivity index (χ1v) is 6.90. The lowest BCUT2D eigenvalue weighted by Crippen LogP contribution is -2.29. The highest BCUT2D eigenvalue weighted by atomic mass is 15.0. The fourth-order valence-electron chi connectivity index (χ4n) is 2.29. The summed E-state index contributed by atoms with van der Waals surface area (Å²) in [5.41, 5.74) is 0. The standard InChI is InChI=1S/C14H27N3/c1-5-7-15-13(4)10-12(3)11-14-16-8-9-17(14)6-2/h8-9,12-13,15H,5-7,10-11H2,1-4H3. The van der Waals surface area contributed by atoms with Gasteiger partial charge in [-0.3, -0.25) is 0 Å². The van der Waals surface area contributed by atoms with Gasteiger partial charge in [0.15, 0.2) is 0 Å². The normalized spacial score (nSPS) is 14.8. The van der Waals surface area contributed by atoms with E-state index in [1.165, 1.54) is 18.7 Å². The molecule has 0 spiro atoms. The Morgan fingerprint density at radius 1 is 1.35 bits per heavy atom. The van der Waals surface area contributed by atoms with Crippen molar-refractivity contribution < 1.29 is 0 Å². The molecule has 1 heterocycles. The highest BCUT2D eigenvalue weighted by Gasteiger charge is 2.11. The molecule has 1 aromatic heterocycles. The Morgan fingerprint density at radius 2 is 2.12 bits per heavy atom. The largest absolute Gasteiger partial charge is 0.335 e. The topological polar surface area (TPSA) is 29.9 Å². The first-order chi connectivity index (χ1) is 8.17. The van der Waals surface area contributed by atoms with E-state index in [4.69, 9.17) is 0 Å². The summed E-state index contributed by atoms with van der Waals surface area (Å²) >= 11 is 0. The molecule has 2 atom stereocenters. The molecular weight excluding hydrogens is 210 g/mol. The van der Waals surface area contributed by atoms with Crippen molar-refractivity contribution >= 4 is 0 Å². The van der Waals surface area contributed by atoms with Crippen LogP contribution in [0.15, 0.2) is 12.4 Å². The van der Waals surface area contributed by atoms with Crippen molar-refractivity contribution in [3.63, 3.8) is 0 Å². The fourth-order valence-corrected chi connectivity index (χ4v) is 2.29.